The van der Waals surface area contributed by atoms with Crippen LogP contribution in [0.5, 0.6) is 0 Å². The summed E-state index contributed by atoms with van der Waals surface area (Å²) in [4.78, 5) is 7.45. The Hall–Kier alpha value is -1.61. The topological polar surface area (TPSA) is 48.9 Å². The number of imidazole rings is 1. The third-order valence-corrected chi connectivity index (χ3v) is 3.03. The summed E-state index contributed by atoms with van der Waals surface area (Å²) in [5.41, 5.74) is 3.31. The number of rotatable bonds is 3. The molecule has 1 heterocycles. The van der Waals surface area contributed by atoms with Gasteiger partial charge < -0.3 is 10.1 Å². The molecular formula is C13H14N2O. The highest BCUT2D eigenvalue weighted by Gasteiger charge is 2.26. The van der Waals surface area contributed by atoms with Crippen molar-refractivity contribution in [2.24, 2.45) is 0 Å². The van der Waals surface area contributed by atoms with Gasteiger partial charge in [-0.1, -0.05) is 24.3 Å². The zero-order valence-electron chi connectivity index (χ0n) is 8.98. The molecule has 1 aromatic carbocycles. The number of benzene rings is 1. The number of hydrogen-bond acceptors (Lipinski definition) is 2. The smallest absolute Gasteiger partial charge is 0.137 e. The minimum absolute atomic E-state index is 0.0125. The second kappa shape index (κ2) is 3.76. The highest BCUT2D eigenvalue weighted by Crippen LogP contribution is 2.43. The third kappa shape index (κ3) is 1.63. The fourth-order valence-corrected chi connectivity index (χ4v) is 2.04. The van der Waals surface area contributed by atoms with Crippen molar-refractivity contribution in [2.75, 3.05) is 0 Å². The predicted octanol–water partition coefficient (Wildman–Crippen LogP) is 2.45. The number of aliphatic hydroxyl groups excluding tert-OH is 1. The van der Waals surface area contributed by atoms with Gasteiger partial charge in [-0.05, 0) is 24.3 Å². The third-order valence-electron chi connectivity index (χ3n) is 3.03. The van der Waals surface area contributed by atoms with E-state index < -0.39 is 0 Å². The molecule has 0 bridgehead atoms. The van der Waals surface area contributed by atoms with Crippen molar-refractivity contribution < 1.29 is 5.11 Å². The minimum Gasteiger partial charge on any atom is -0.390 e. The van der Waals surface area contributed by atoms with E-state index in [4.69, 9.17) is 5.11 Å². The number of aromatic nitrogens is 2. The van der Waals surface area contributed by atoms with E-state index in [1.165, 1.54) is 24.0 Å². The zero-order valence-corrected chi connectivity index (χ0v) is 8.98. The van der Waals surface area contributed by atoms with Crippen LogP contribution < -0.4 is 0 Å². The van der Waals surface area contributed by atoms with Crippen molar-refractivity contribution in [3.8, 4) is 11.4 Å². The Bertz CT molecular complexity index is 500. The molecule has 0 amide bonds. The van der Waals surface area contributed by atoms with Gasteiger partial charge in [-0.25, -0.2) is 4.98 Å². The molecule has 3 nitrogen and oxygen atoms in total. The molecule has 0 spiro atoms. The van der Waals surface area contributed by atoms with Crippen LogP contribution in [-0.4, -0.2) is 15.1 Å². The minimum atomic E-state index is 0.0125. The van der Waals surface area contributed by atoms with E-state index in [0.29, 0.717) is 5.92 Å². The first-order valence-corrected chi connectivity index (χ1v) is 5.62. The molecule has 2 N–H and O–H groups in total. The summed E-state index contributed by atoms with van der Waals surface area (Å²) in [5.74, 6) is 1.57. The van der Waals surface area contributed by atoms with Crippen LogP contribution in [0.1, 0.15) is 30.0 Å². The Labute approximate surface area is 94.2 Å². The Balaban J connectivity index is 2.04. The molecule has 0 radical (unpaired) electrons. The Kier molecular flexibility index (Phi) is 2.26. The number of hydrogen-bond donors (Lipinski definition) is 2. The Morgan fingerprint density at radius 3 is 2.81 bits per heavy atom. The normalized spacial score (nSPS) is 15.3. The molecule has 3 rings (SSSR count). The number of nitrogens with zero attached hydrogens (tertiary/aromatic N) is 1. The highest BCUT2D eigenvalue weighted by molar-refractivity contribution is 5.62. The number of aliphatic hydroxyl groups is 1. The second-order valence-corrected chi connectivity index (χ2v) is 4.28. The first-order chi connectivity index (χ1) is 7.88. The van der Waals surface area contributed by atoms with Crippen molar-refractivity contribution in [1.29, 1.82) is 0 Å². The van der Waals surface area contributed by atoms with Gasteiger partial charge in [0.25, 0.3) is 0 Å². The molecule has 3 heteroatoms. The van der Waals surface area contributed by atoms with E-state index in [-0.39, 0.29) is 6.61 Å². The monoisotopic (exact) mass is 214 g/mol. The zero-order chi connectivity index (χ0) is 11.0. The molecule has 1 aliphatic carbocycles. The molecule has 0 saturated heterocycles. The maximum atomic E-state index is 9.02. The molecule has 1 saturated carbocycles. The summed E-state index contributed by atoms with van der Waals surface area (Å²) in [7, 11) is 0. The second-order valence-electron chi connectivity index (χ2n) is 4.28. The molecule has 0 unspecified atom stereocenters. The average molecular weight is 214 g/mol. The predicted molar refractivity (Wildman–Crippen MR) is 61.9 cm³/mol. The van der Waals surface area contributed by atoms with Crippen LogP contribution in [-0.2, 0) is 6.61 Å². The summed E-state index contributed by atoms with van der Waals surface area (Å²) >= 11 is 0. The van der Waals surface area contributed by atoms with Gasteiger partial charge >= 0.3 is 0 Å². The van der Waals surface area contributed by atoms with Crippen molar-refractivity contribution in [3.63, 3.8) is 0 Å². The van der Waals surface area contributed by atoms with Gasteiger partial charge in [0, 0.05) is 5.56 Å². The fraction of sp³-hybridized carbons (Fsp3) is 0.308. The van der Waals surface area contributed by atoms with Crippen LogP contribution in [0.4, 0.5) is 0 Å². The van der Waals surface area contributed by atoms with E-state index in [1.54, 1.807) is 6.20 Å². The van der Waals surface area contributed by atoms with Crippen molar-refractivity contribution in [2.45, 2.75) is 25.4 Å². The maximum absolute atomic E-state index is 9.02. The molecule has 1 fully saturated rings. The highest BCUT2D eigenvalue weighted by atomic mass is 16.3. The molecule has 1 aromatic heterocycles. The Morgan fingerprint density at radius 1 is 1.31 bits per heavy atom. The van der Waals surface area contributed by atoms with Gasteiger partial charge in [0.2, 0.25) is 0 Å². The molecule has 16 heavy (non-hydrogen) atoms. The van der Waals surface area contributed by atoms with E-state index in [1.807, 2.05) is 6.07 Å². The molecule has 1 aliphatic rings. The molecule has 0 aliphatic heterocycles. The van der Waals surface area contributed by atoms with E-state index in [9.17, 15) is 0 Å². The Morgan fingerprint density at radius 2 is 2.12 bits per heavy atom. The van der Waals surface area contributed by atoms with E-state index in [0.717, 1.165) is 11.5 Å². The summed E-state index contributed by atoms with van der Waals surface area (Å²) in [5, 5.41) is 9.02. The molecule has 2 aromatic rings. The van der Waals surface area contributed by atoms with Gasteiger partial charge in [-0.2, -0.15) is 0 Å². The summed E-state index contributed by atoms with van der Waals surface area (Å²) < 4.78 is 0. The van der Waals surface area contributed by atoms with Gasteiger partial charge in [-0.3, -0.25) is 0 Å². The number of H-pyrrole nitrogens is 1. The van der Waals surface area contributed by atoms with Crippen LogP contribution in [0, 0.1) is 0 Å². The SMILES string of the molecule is OCc1cnc(-c2ccccc2C2CC2)[nH]1. The van der Waals surface area contributed by atoms with Crippen LogP contribution in [0.2, 0.25) is 0 Å². The summed E-state index contributed by atoms with van der Waals surface area (Å²) in [6.45, 7) is 0.0125. The van der Waals surface area contributed by atoms with E-state index >= 15 is 0 Å². The number of nitrogens with one attached hydrogen (secondary N) is 1. The van der Waals surface area contributed by atoms with Gasteiger partial charge in [0.1, 0.15) is 5.82 Å². The lowest BCUT2D eigenvalue weighted by atomic mass is 10.0. The van der Waals surface area contributed by atoms with E-state index in [2.05, 4.69) is 28.2 Å². The lowest BCUT2D eigenvalue weighted by Crippen LogP contribution is -1.89. The quantitative estimate of drug-likeness (QED) is 0.824. The van der Waals surface area contributed by atoms with Gasteiger partial charge in [-0.15, -0.1) is 0 Å². The average Bonchev–Trinajstić information content (AvgIpc) is 3.07. The van der Waals surface area contributed by atoms with Crippen LogP contribution in [0.25, 0.3) is 11.4 Å². The molecule has 82 valence electrons. The van der Waals surface area contributed by atoms with Crippen LogP contribution in [0.15, 0.2) is 30.5 Å². The summed E-state index contributed by atoms with van der Waals surface area (Å²) in [6, 6.07) is 8.37. The van der Waals surface area contributed by atoms with Gasteiger partial charge in [0.15, 0.2) is 0 Å². The number of aromatic amines is 1. The molecular weight excluding hydrogens is 200 g/mol. The van der Waals surface area contributed by atoms with Crippen molar-refractivity contribution in [1.82, 2.24) is 9.97 Å². The van der Waals surface area contributed by atoms with Crippen LogP contribution >= 0.6 is 0 Å². The largest absolute Gasteiger partial charge is 0.390 e. The van der Waals surface area contributed by atoms with Crippen molar-refractivity contribution in [3.05, 3.63) is 41.7 Å². The lowest BCUT2D eigenvalue weighted by Gasteiger charge is -2.05. The summed E-state index contributed by atoms with van der Waals surface area (Å²) in [6.07, 6.45) is 4.26. The lowest BCUT2D eigenvalue weighted by molar-refractivity contribution is 0.277. The first-order valence-electron chi connectivity index (χ1n) is 5.62. The first kappa shape index (κ1) is 9.60. The fourth-order valence-electron chi connectivity index (χ4n) is 2.04. The van der Waals surface area contributed by atoms with Gasteiger partial charge in [0.05, 0.1) is 18.5 Å². The van der Waals surface area contributed by atoms with Crippen LogP contribution in [0.3, 0.4) is 0 Å². The standard InChI is InChI=1S/C13H14N2O/c16-8-10-7-14-13(15-10)12-4-2-1-3-11(12)9-5-6-9/h1-4,7,9,16H,5-6,8H2,(H,14,15). The molecule has 0 atom stereocenters. The van der Waals surface area contributed by atoms with Crippen molar-refractivity contribution >= 4 is 0 Å². The maximum Gasteiger partial charge on any atom is 0.137 e.